The van der Waals surface area contributed by atoms with E-state index in [1.54, 1.807) is 18.2 Å². The summed E-state index contributed by atoms with van der Waals surface area (Å²) < 4.78 is 4.77. The van der Waals surface area contributed by atoms with Gasteiger partial charge in [0, 0.05) is 11.0 Å². The zero-order valence-electron chi connectivity index (χ0n) is 6.52. The van der Waals surface area contributed by atoms with Crippen molar-refractivity contribution in [2.75, 3.05) is 5.32 Å². The van der Waals surface area contributed by atoms with Crippen LogP contribution in [0.3, 0.4) is 0 Å². The Morgan fingerprint density at radius 1 is 1.54 bits per heavy atom. The van der Waals surface area contributed by atoms with Crippen LogP contribution in [0.5, 0.6) is 0 Å². The van der Waals surface area contributed by atoms with Gasteiger partial charge in [-0.3, -0.25) is 0 Å². The predicted octanol–water partition coefficient (Wildman–Crippen LogP) is 0.713. The van der Waals surface area contributed by atoms with Gasteiger partial charge in [-0.1, -0.05) is 0 Å². The van der Waals surface area contributed by atoms with Gasteiger partial charge in [-0.25, -0.2) is 4.79 Å². The van der Waals surface area contributed by atoms with Crippen molar-refractivity contribution in [3.05, 3.63) is 18.2 Å². The van der Waals surface area contributed by atoms with Crippen LogP contribution < -0.4 is 11.1 Å². The fraction of sp³-hybridized carbons (Fsp3) is 0. The van der Waals surface area contributed by atoms with Gasteiger partial charge in [-0.15, -0.1) is 5.10 Å². The van der Waals surface area contributed by atoms with Gasteiger partial charge in [0.25, 0.3) is 0 Å². The summed E-state index contributed by atoms with van der Waals surface area (Å²) in [6.45, 7) is 0. The first kappa shape index (κ1) is 7.53. The number of nitrogens with one attached hydrogen (secondary N) is 1. The van der Waals surface area contributed by atoms with E-state index in [-0.39, 0.29) is 0 Å². The largest absolute Gasteiger partial charge is 0.351 e. The molecule has 66 valence electrons. The molecule has 0 aliphatic heterocycles. The minimum atomic E-state index is -0.615. The highest BCUT2D eigenvalue weighted by molar-refractivity contribution is 5.90. The lowest BCUT2D eigenvalue weighted by molar-refractivity contribution is 0.259. The molecule has 1 aromatic carbocycles. The molecule has 0 atom stereocenters. The standard InChI is InChI=1S/C7H6N4O2/c8-7(12)9-4-1-2-6-5(3-4)10-11-13-6/h1-3H,(H3,8,9,12). The molecule has 2 rings (SSSR count). The molecule has 0 saturated carbocycles. The molecule has 2 aromatic rings. The molecule has 6 nitrogen and oxygen atoms in total. The van der Waals surface area contributed by atoms with Crippen LogP contribution in [0.15, 0.2) is 22.7 Å². The lowest BCUT2D eigenvalue weighted by atomic mass is 10.3. The molecular weight excluding hydrogens is 172 g/mol. The van der Waals surface area contributed by atoms with Crippen molar-refractivity contribution < 1.29 is 9.32 Å². The summed E-state index contributed by atoms with van der Waals surface area (Å²) >= 11 is 0. The number of primary amides is 1. The number of aromatic nitrogens is 2. The van der Waals surface area contributed by atoms with Crippen molar-refractivity contribution >= 4 is 22.8 Å². The highest BCUT2D eigenvalue weighted by Crippen LogP contribution is 2.15. The summed E-state index contributed by atoms with van der Waals surface area (Å²) in [7, 11) is 0. The second-order valence-electron chi connectivity index (χ2n) is 2.44. The second kappa shape index (κ2) is 2.74. The molecule has 0 bridgehead atoms. The fourth-order valence-electron chi connectivity index (χ4n) is 1.00. The van der Waals surface area contributed by atoms with Crippen molar-refractivity contribution in [3.63, 3.8) is 0 Å². The molecule has 0 radical (unpaired) electrons. The highest BCUT2D eigenvalue weighted by atomic mass is 16.5. The summed E-state index contributed by atoms with van der Waals surface area (Å²) in [4.78, 5) is 10.5. The summed E-state index contributed by atoms with van der Waals surface area (Å²) in [5, 5.41) is 9.45. The van der Waals surface area contributed by atoms with Crippen molar-refractivity contribution in [3.8, 4) is 0 Å². The van der Waals surface area contributed by atoms with Gasteiger partial charge in [0.2, 0.25) is 0 Å². The summed E-state index contributed by atoms with van der Waals surface area (Å²) in [5.74, 6) is 0. The SMILES string of the molecule is NC(=O)Nc1ccc2onnc2c1. The Balaban J connectivity index is 2.42. The van der Waals surface area contributed by atoms with E-state index in [1.165, 1.54) is 0 Å². The summed E-state index contributed by atoms with van der Waals surface area (Å²) in [6.07, 6.45) is 0. The Labute approximate surface area is 72.7 Å². The Hall–Kier alpha value is -2.11. The molecule has 0 aliphatic carbocycles. The van der Waals surface area contributed by atoms with E-state index >= 15 is 0 Å². The molecular formula is C7H6N4O2. The van der Waals surface area contributed by atoms with Crippen molar-refractivity contribution in [1.82, 2.24) is 10.4 Å². The van der Waals surface area contributed by atoms with Gasteiger partial charge in [-0.05, 0) is 18.2 Å². The molecule has 2 amide bonds. The third-order valence-electron chi connectivity index (χ3n) is 1.51. The lowest BCUT2D eigenvalue weighted by Crippen LogP contribution is -2.19. The van der Waals surface area contributed by atoms with Crippen LogP contribution in [0, 0.1) is 0 Å². The normalized spacial score (nSPS) is 10.2. The van der Waals surface area contributed by atoms with Gasteiger partial charge in [0.1, 0.15) is 5.52 Å². The monoisotopic (exact) mass is 178 g/mol. The Bertz CT molecular complexity index is 450. The second-order valence-corrected chi connectivity index (χ2v) is 2.44. The lowest BCUT2D eigenvalue weighted by Gasteiger charge is -1.98. The van der Waals surface area contributed by atoms with E-state index in [4.69, 9.17) is 10.3 Å². The average Bonchev–Trinajstić information content (AvgIpc) is 2.49. The van der Waals surface area contributed by atoms with E-state index in [9.17, 15) is 4.79 Å². The highest BCUT2D eigenvalue weighted by Gasteiger charge is 2.02. The van der Waals surface area contributed by atoms with Crippen molar-refractivity contribution in [2.45, 2.75) is 0 Å². The van der Waals surface area contributed by atoms with E-state index in [1.807, 2.05) is 0 Å². The molecule has 13 heavy (non-hydrogen) atoms. The smallest absolute Gasteiger partial charge is 0.316 e. The maximum absolute atomic E-state index is 10.5. The van der Waals surface area contributed by atoms with Crippen LogP contribution in [0.4, 0.5) is 10.5 Å². The number of hydrogen-bond acceptors (Lipinski definition) is 4. The first-order valence-electron chi connectivity index (χ1n) is 3.54. The Morgan fingerprint density at radius 2 is 2.38 bits per heavy atom. The van der Waals surface area contributed by atoms with Gasteiger partial charge in [-0.2, -0.15) is 0 Å². The van der Waals surface area contributed by atoms with Crippen LogP contribution in [0.1, 0.15) is 0 Å². The minimum absolute atomic E-state index is 0.565. The van der Waals surface area contributed by atoms with Gasteiger partial charge >= 0.3 is 6.03 Å². The van der Waals surface area contributed by atoms with Crippen LogP contribution in [-0.2, 0) is 0 Å². The number of nitrogens with two attached hydrogens (primary N) is 1. The quantitative estimate of drug-likeness (QED) is 0.672. The molecule has 6 heteroatoms. The number of anilines is 1. The van der Waals surface area contributed by atoms with E-state index in [0.29, 0.717) is 16.8 Å². The third kappa shape index (κ3) is 1.41. The number of carbonyl (C=O) groups excluding carboxylic acids is 1. The molecule has 1 heterocycles. The first-order valence-corrected chi connectivity index (χ1v) is 3.54. The number of benzene rings is 1. The van der Waals surface area contributed by atoms with Gasteiger partial charge in [0.15, 0.2) is 5.58 Å². The predicted molar refractivity (Wildman–Crippen MR) is 45.0 cm³/mol. The fourth-order valence-corrected chi connectivity index (χ4v) is 1.00. The summed E-state index contributed by atoms with van der Waals surface area (Å²) in [6, 6.07) is 4.31. The van der Waals surface area contributed by atoms with E-state index in [2.05, 4.69) is 15.7 Å². The zero-order chi connectivity index (χ0) is 9.26. The van der Waals surface area contributed by atoms with Crippen molar-refractivity contribution in [2.24, 2.45) is 5.73 Å². The molecule has 0 spiro atoms. The third-order valence-corrected chi connectivity index (χ3v) is 1.51. The molecule has 1 aromatic heterocycles. The number of fused-ring (bicyclic) bond motifs is 1. The molecule has 0 fully saturated rings. The average molecular weight is 178 g/mol. The molecule has 0 saturated heterocycles. The Morgan fingerprint density at radius 3 is 3.15 bits per heavy atom. The Kier molecular flexibility index (Phi) is 1.59. The number of urea groups is 1. The van der Waals surface area contributed by atoms with Crippen LogP contribution >= 0.6 is 0 Å². The number of hydrogen-bond donors (Lipinski definition) is 2. The van der Waals surface area contributed by atoms with Crippen LogP contribution in [0.25, 0.3) is 11.1 Å². The molecule has 3 N–H and O–H groups in total. The van der Waals surface area contributed by atoms with Crippen LogP contribution in [0.2, 0.25) is 0 Å². The number of amides is 2. The maximum Gasteiger partial charge on any atom is 0.316 e. The minimum Gasteiger partial charge on any atom is -0.351 e. The van der Waals surface area contributed by atoms with Gasteiger partial charge < -0.3 is 15.6 Å². The summed E-state index contributed by atoms with van der Waals surface area (Å²) in [5.41, 5.74) is 6.64. The van der Waals surface area contributed by atoms with Crippen LogP contribution in [-0.4, -0.2) is 16.4 Å². The molecule has 0 aliphatic rings. The maximum atomic E-state index is 10.5. The zero-order valence-corrected chi connectivity index (χ0v) is 6.52. The van der Waals surface area contributed by atoms with Gasteiger partial charge in [0.05, 0.1) is 0 Å². The van der Waals surface area contributed by atoms with E-state index in [0.717, 1.165) is 0 Å². The first-order chi connectivity index (χ1) is 6.25. The number of nitrogens with zero attached hydrogens (tertiary/aromatic N) is 2. The number of carbonyl (C=O) groups is 1. The van der Waals surface area contributed by atoms with E-state index < -0.39 is 6.03 Å². The van der Waals surface area contributed by atoms with Crippen molar-refractivity contribution in [1.29, 1.82) is 0 Å². The number of rotatable bonds is 1. The molecule has 0 unspecified atom stereocenters. The topological polar surface area (TPSA) is 94.0 Å².